The highest BCUT2D eigenvalue weighted by molar-refractivity contribution is 5.77. The molecular formula is C25H29FN2O3. The Morgan fingerprint density at radius 2 is 1.68 bits per heavy atom. The number of rotatable bonds is 9. The van der Waals surface area contributed by atoms with Gasteiger partial charge in [-0.2, -0.15) is 0 Å². The Balaban J connectivity index is 1.11. The van der Waals surface area contributed by atoms with Gasteiger partial charge >= 0.3 is 0 Å². The van der Waals surface area contributed by atoms with Gasteiger partial charge in [-0.05, 0) is 79.3 Å². The van der Waals surface area contributed by atoms with Crippen LogP contribution in [0.4, 0.5) is 4.39 Å². The highest BCUT2D eigenvalue weighted by Gasteiger charge is 2.45. The zero-order valence-electron chi connectivity index (χ0n) is 17.8. The summed E-state index contributed by atoms with van der Waals surface area (Å²) in [5.74, 6) is 0.532. The lowest BCUT2D eigenvalue weighted by Crippen LogP contribution is -2.41. The lowest BCUT2D eigenvalue weighted by atomic mass is 9.94. The van der Waals surface area contributed by atoms with E-state index in [1.807, 2.05) is 29.2 Å². The second-order valence-electron chi connectivity index (χ2n) is 8.54. The molecule has 1 saturated carbocycles. The van der Waals surface area contributed by atoms with Gasteiger partial charge < -0.3 is 14.5 Å². The van der Waals surface area contributed by atoms with E-state index in [1.54, 1.807) is 18.3 Å². The minimum absolute atomic E-state index is 0.0800. The van der Waals surface area contributed by atoms with Crippen LogP contribution in [0.15, 0.2) is 53.7 Å². The van der Waals surface area contributed by atoms with E-state index in [9.17, 15) is 9.18 Å². The van der Waals surface area contributed by atoms with E-state index in [1.165, 1.54) is 25.0 Å². The number of nitrogens with zero attached hydrogens (tertiary/aromatic N) is 2. The number of hydrogen-bond donors (Lipinski definition) is 0. The number of benzene rings is 2. The first-order valence-electron chi connectivity index (χ1n) is 11.0. The third kappa shape index (κ3) is 6.29. The van der Waals surface area contributed by atoms with Crippen molar-refractivity contribution in [2.45, 2.75) is 45.1 Å². The van der Waals surface area contributed by atoms with Crippen LogP contribution in [-0.2, 0) is 22.7 Å². The Morgan fingerprint density at radius 1 is 1.00 bits per heavy atom. The second kappa shape index (κ2) is 9.94. The van der Waals surface area contributed by atoms with Crippen molar-refractivity contribution in [2.75, 3.05) is 19.7 Å². The van der Waals surface area contributed by atoms with Crippen LogP contribution in [-0.4, -0.2) is 36.7 Å². The maximum atomic E-state index is 12.8. The summed E-state index contributed by atoms with van der Waals surface area (Å²) in [7, 11) is 0. The average molecular weight is 425 g/mol. The first kappa shape index (κ1) is 21.3. The normalized spacial score (nSPS) is 17.1. The Morgan fingerprint density at radius 3 is 2.35 bits per heavy atom. The molecule has 0 bridgehead atoms. The number of amides is 1. The molecule has 164 valence electrons. The molecule has 1 aliphatic carbocycles. The lowest BCUT2D eigenvalue weighted by molar-refractivity contribution is -0.134. The number of likely N-dealkylation sites (tertiary alicyclic amines) is 1. The molecule has 0 radical (unpaired) electrons. The molecule has 1 amide bonds. The van der Waals surface area contributed by atoms with Crippen LogP contribution in [0.3, 0.4) is 0 Å². The molecule has 2 aromatic rings. The van der Waals surface area contributed by atoms with Crippen molar-refractivity contribution in [2.24, 2.45) is 10.6 Å². The highest BCUT2D eigenvalue weighted by Crippen LogP contribution is 2.53. The van der Waals surface area contributed by atoms with Crippen LogP contribution in [0.1, 0.15) is 43.2 Å². The summed E-state index contributed by atoms with van der Waals surface area (Å²) in [4.78, 5) is 19.5. The topological polar surface area (TPSA) is 51.1 Å². The minimum Gasteiger partial charge on any atom is -0.484 e. The van der Waals surface area contributed by atoms with Crippen molar-refractivity contribution in [3.8, 4) is 5.75 Å². The van der Waals surface area contributed by atoms with Gasteiger partial charge in [0.2, 0.25) is 0 Å². The van der Waals surface area contributed by atoms with Gasteiger partial charge in [-0.25, -0.2) is 4.39 Å². The molecule has 0 unspecified atom stereocenters. The summed E-state index contributed by atoms with van der Waals surface area (Å²) in [6, 6.07) is 14.0. The van der Waals surface area contributed by atoms with Gasteiger partial charge in [0.25, 0.3) is 5.91 Å². The van der Waals surface area contributed by atoms with E-state index in [4.69, 9.17) is 9.57 Å². The number of carbonyl (C=O) groups is 1. The van der Waals surface area contributed by atoms with E-state index >= 15 is 0 Å². The quantitative estimate of drug-likeness (QED) is 0.431. The van der Waals surface area contributed by atoms with E-state index in [-0.39, 0.29) is 18.3 Å². The lowest BCUT2D eigenvalue weighted by Gasteiger charge is -2.32. The van der Waals surface area contributed by atoms with E-state index in [0.717, 1.165) is 49.9 Å². The SMILES string of the molecule is O=C(COc1ccc(CCC=NOCc2ccc(F)cc2)cc1)N1CCC2(CC1)CC2. The van der Waals surface area contributed by atoms with Crippen molar-refractivity contribution in [1.82, 2.24) is 4.90 Å². The Bertz CT molecular complexity index is 882. The van der Waals surface area contributed by atoms with Crippen LogP contribution in [0.2, 0.25) is 0 Å². The van der Waals surface area contributed by atoms with Crippen LogP contribution in [0.5, 0.6) is 5.75 Å². The standard InChI is InChI=1S/C25H29FN2O3/c26-22-7-3-21(4-8-22)18-31-27-15-1-2-20-5-9-23(10-6-20)30-19-24(29)28-16-13-25(11-12-25)14-17-28/h3-10,15H,1-2,11-14,16-19H2. The molecule has 2 fully saturated rings. The van der Waals surface area contributed by atoms with Gasteiger partial charge in [0.05, 0.1) is 0 Å². The molecule has 0 atom stereocenters. The average Bonchev–Trinajstić information content (AvgIpc) is 3.55. The van der Waals surface area contributed by atoms with Gasteiger partial charge in [0, 0.05) is 19.3 Å². The first-order chi connectivity index (χ1) is 15.1. The number of aryl methyl sites for hydroxylation is 1. The summed E-state index contributed by atoms with van der Waals surface area (Å²) in [5, 5.41) is 3.94. The second-order valence-corrected chi connectivity index (χ2v) is 8.54. The molecule has 1 saturated heterocycles. The molecule has 2 aromatic carbocycles. The molecule has 1 spiro atoms. The predicted molar refractivity (Wildman–Crippen MR) is 117 cm³/mol. The molecule has 1 aliphatic heterocycles. The van der Waals surface area contributed by atoms with Crippen LogP contribution in [0, 0.1) is 11.2 Å². The zero-order valence-corrected chi connectivity index (χ0v) is 17.8. The molecule has 31 heavy (non-hydrogen) atoms. The number of halogens is 1. The fourth-order valence-electron chi connectivity index (χ4n) is 3.93. The molecule has 6 heteroatoms. The Hall–Kier alpha value is -2.89. The smallest absolute Gasteiger partial charge is 0.260 e. The molecule has 1 heterocycles. The van der Waals surface area contributed by atoms with Crippen molar-refractivity contribution in [1.29, 1.82) is 0 Å². The van der Waals surface area contributed by atoms with Crippen molar-refractivity contribution in [3.63, 3.8) is 0 Å². The third-order valence-corrected chi connectivity index (χ3v) is 6.28. The summed E-state index contributed by atoms with van der Waals surface area (Å²) in [6.45, 7) is 2.16. The van der Waals surface area contributed by atoms with Crippen LogP contribution < -0.4 is 4.74 Å². The highest BCUT2D eigenvalue weighted by atomic mass is 19.1. The summed E-state index contributed by atoms with van der Waals surface area (Å²) < 4.78 is 18.5. The summed E-state index contributed by atoms with van der Waals surface area (Å²) in [6.07, 6.45) is 8.29. The van der Waals surface area contributed by atoms with E-state index < -0.39 is 0 Å². The van der Waals surface area contributed by atoms with Crippen LogP contribution >= 0.6 is 0 Å². The number of ether oxygens (including phenoxy) is 1. The maximum absolute atomic E-state index is 12.8. The van der Waals surface area contributed by atoms with Crippen molar-refractivity contribution < 1.29 is 18.8 Å². The van der Waals surface area contributed by atoms with E-state index in [2.05, 4.69) is 5.16 Å². The fraction of sp³-hybridized carbons (Fsp3) is 0.440. The van der Waals surface area contributed by atoms with Gasteiger partial charge in [0.1, 0.15) is 18.2 Å². The number of hydrogen-bond acceptors (Lipinski definition) is 4. The fourth-order valence-corrected chi connectivity index (χ4v) is 3.93. The monoisotopic (exact) mass is 424 g/mol. The van der Waals surface area contributed by atoms with Crippen LogP contribution in [0.25, 0.3) is 0 Å². The summed E-state index contributed by atoms with van der Waals surface area (Å²) >= 11 is 0. The number of piperidine rings is 1. The Labute approximate surface area is 182 Å². The number of oxime groups is 1. The van der Waals surface area contributed by atoms with Gasteiger partial charge in [0.15, 0.2) is 6.61 Å². The van der Waals surface area contributed by atoms with Gasteiger partial charge in [-0.3, -0.25) is 4.79 Å². The largest absolute Gasteiger partial charge is 0.484 e. The summed E-state index contributed by atoms with van der Waals surface area (Å²) in [5.41, 5.74) is 2.61. The van der Waals surface area contributed by atoms with Gasteiger partial charge in [-0.1, -0.05) is 29.4 Å². The minimum atomic E-state index is -0.261. The first-order valence-corrected chi connectivity index (χ1v) is 11.0. The third-order valence-electron chi connectivity index (χ3n) is 6.28. The molecule has 4 rings (SSSR count). The van der Waals surface area contributed by atoms with Crippen molar-refractivity contribution >= 4 is 12.1 Å². The molecular weight excluding hydrogens is 395 g/mol. The Kier molecular flexibility index (Phi) is 6.85. The number of carbonyl (C=O) groups excluding carboxylic acids is 1. The van der Waals surface area contributed by atoms with Gasteiger partial charge in [-0.15, -0.1) is 0 Å². The molecule has 2 aliphatic rings. The molecule has 0 aromatic heterocycles. The maximum Gasteiger partial charge on any atom is 0.260 e. The van der Waals surface area contributed by atoms with Crippen molar-refractivity contribution in [3.05, 3.63) is 65.5 Å². The molecule has 5 nitrogen and oxygen atoms in total. The van der Waals surface area contributed by atoms with E-state index in [0.29, 0.717) is 17.8 Å². The molecule has 0 N–H and O–H groups in total. The zero-order chi connectivity index (χ0) is 21.5. The predicted octanol–water partition coefficient (Wildman–Crippen LogP) is 4.74.